The monoisotopic (exact) mass is 475 g/mol. The third-order valence-corrected chi connectivity index (χ3v) is 5.39. The van der Waals surface area contributed by atoms with Gasteiger partial charge in [-0.05, 0) is 66.8 Å². The van der Waals surface area contributed by atoms with Crippen molar-refractivity contribution in [3.63, 3.8) is 0 Å². The van der Waals surface area contributed by atoms with Crippen LogP contribution in [-0.2, 0) is 11.2 Å². The third kappa shape index (κ3) is 7.07. The van der Waals surface area contributed by atoms with Crippen molar-refractivity contribution in [3.05, 3.63) is 111 Å². The predicted molar refractivity (Wildman–Crippen MR) is 133 cm³/mol. The van der Waals surface area contributed by atoms with Crippen LogP contribution in [0.2, 0.25) is 0 Å². The number of halogens is 1. The largest absolute Gasteiger partial charge is 0.320 e. The first kappa shape index (κ1) is 25.3. The van der Waals surface area contributed by atoms with E-state index < -0.39 is 22.6 Å². The Bertz CT molecular complexity index is 1250. The molecule has 0 aliphatic carbocycles. The summed E-state index contributed by atoms with van der Waals surface area (Å²) >= 11 is 0. The first-order chi connectivity index (χ1) is 16.8. The number of hydrogen-bond acceptors (Lipinski definition) is 4. The van der Waals surface area contributed by atoms with Crippen LogP contribution in [0.4, 0.5) is 15.8 Å². The summed E-state index contributed by atoms with van der Waals surface area (Å²) < 4.78 is 13.3. The molecule has 0 heterocycles. The molecule has 180 valence electrons. The zero-order valence-electron chi connectivity index (χ0n) is 19.5. The normalized spacial score (nSPS) is 11.1. The molecule has 0 atom stereocenters. The summed E-state index contributed by atoms with van der Waals surface area (Å²) in [6.45, 7) is 3.80. The number of benzene rings is 3. The molecule has 0 spiro atoms. The van der Waals surface area contributed by atoms with E-state index in [9.17, 15) is 24.1 Å². The minimum atomic E-state index is -0.675. The maximum absolute atomic E-state index is 13.3. The highest BCUT2D eigenvalue weighted by Crippen LogP contribution is 2.22. The first-order valence-electron chi connectivity index (χ1n) is 11.2. The fourth-order valence-electron chi connectivity index (χ4n) is 3.33. The molecule has 0 fully saturated rings. The van der Waals surface area contributed by atoms with Gasteiger partial charge in [-0.15, -0.1) is 0 Å². The summed E-state index contributed by atoms with van der Waals surface area (Å²) in [5, 5.41) is 16.4. The quantitative estimate of drug-likeness (QED) is 0.232. The van der Waals surface area contributed by atoms with Crippen LogP contribution in [0.5, 0.6) is 0 Å². The van der Waals surface area contributed by atoms with Crippen molar-refractivity contribution in [2.24, 2.45) is 0 Å². The SMILES string of the molecule is CCCCc1ccc(C(=O)NC(=Cc2ccc(F)cc2)C(=O)Nc2cc([N+](=O)[O-])ccc2C)cc1. The highest BCUT2D eigenvalue weighted by atomic mass is 19.1. The number of nitro benzene ring substituents is 1. The second kappa shape index (κ2) is 11.7. The van der Waals surface area contributed by atoms with E-state index in [2.05, 4.69) is 17.6 Å². The Balaban J connectivity index is 1.87. The number of rotatable bonds is 9. The van der Waals surface area contributed by atoms with Crippen LogP contribution in [0.1, 0.15) is 46.8 Å². The Kier molecular flexibility index (Phi) is 8.45. The number of hydrogen-bond donors (Lipinski definition) is 2. The Morgan fingerprint density at radius 1 is 1.03 bits per heavy atom. The smallest absolute Gasteiger partial charge is 0.272 e. The van der Waals surface area contributed by atoms with Crippen molar-refractivity contribution in [1.29, 1.82) is 0 Å². The highest BCUT2D eigenvalue weighted by Gasteiger charge is 2.17. The van der Waals surface area contributed by atoms with E-state index in [0.717, 1.165) is 24.8 Å². The Morgan fingerprint density at radius 3 is 2.34 bits per heavy atom. The van der Waals surface area contributed by atoms with Gasteiger partial charge in [0.2, 0.25) is 0 Å². The minimum Gasteiger partial charge on any atom is -0.320 e. The zero-order chi connectivity index (χ0) is 25.4. The maximum atomic E-state index is 13.3. The van der Waals surface area contributed by atoms with Gasteiger partial charge in [-0.1, -0.05) is 43.7 Å². The molecule has 0 unspecified atom stereocenters. The Morgan fingerprint density at radius 2 is 1.71 bits per heavy atom. The molecule has 3 aromatic carbocycles. The van der Waals surface area contributed by atoms with Gasteiger partial charge >= 0.3 is 0 Å². The molecular formula is C27H26FN3O4. The minimum absolute atomic E-state index is 0.0948. The zero-order valence-corrected chi connectivity index (χ0v) is 19.5. The van der Waals surface area contributed by atoms with Crippen molar-refractivity contribution < 1.29 is 18.9 Å². The van der Waals surface area contributed by atoms with Gasteiger partial charge in [0.15, 0.2) is 0 Å². The van der Waals surface area contributed by atoms with Gasteiger partial charge < -0.3 is 10.6 Å². The number of unbranched alkanes of at least 4 members (excludes halogenated alkanes) is 1. The van der Waals surface area contributed by atoms with Crippen molar-refractivity contribution in [2.75, 3.05) is 5.32 Å². The summed E-state index contributed by atoms with van der Waals surface area (Å²) in [5.74, 6) is -1.61. The van der Waals surface area contributed by atoms with Crippen molar-refractivity contribution in [1.82, 2.24) is 5.32 Å². The van der Waals surface area contributed by atoms with Crippen LogP contribution in [0, 0.1) is 22.9 Å². The molecule has 2 amide bonds. The Labute approximate surface area is 202 Å². The van der Waals surface area contributed by atoms with Crippen LogP contribution >= 0.6 is 0 Å². The average Bonchev–Trinajstić information content (AvgIpc) is 2.85. The number of nitro groups is 1. The van der Waals surface area contributed by atoms with E-state index in [1.54, 1.807) is 19.1 Å². The second-order valence-electron chi connectivity index (χ2n) is 8.07. The van der Waals surface area contributed by atoms with Gasteiger partial charge in [0.25, 0.3) is 17.5 Å². The number of amides is 2. The summed E-state index contributed by atoms with van der Waals surface area (Å²) in [6.07, 6.45) is 4.44. The molecule has 0 saturated carbocycles. The van der Waals surface area contributed by atoms with Crippen LogP contribution < -0.4 is 10.6 Å². The number of nitrogens with one attached hydrogen (secondary N) is 2. The number of carbonyl (C=O) groups excluding carboxylic acids is 2. The van der Waals surface area contributed by atoms with Gasteiger partial charge in [0.1, 0.15) is 11.5 Å². The lowest BCUT2D eigenvalue weighted by Gasteiger charge is -2.13. The van der Waals surface area contributed by atoms with E-state index in [1.807, 2.05) is 12.1 Å². The summed E-state index contributed by atoms with van der Waals surface area (Å²) in [4.78, 5) is 36.6. The maximum Gasteiger partial charge on any atom is 0.272 e. The molecule has 3 rings (SSSR count). The summed E-state index contributed by atoms with van der Waals surface area (Å²) in [5.41, 5.74) is 2.55. The summed E-state index contributed by atoms with van der Waals surface area (Å²) in [6, 6.07) is 16.7. The van der Waals surface area contributed by atoms with Gasteiger partial charge in [-0.25, -0.2) is 4.39 Å². The first-order valence-corrected chi connectivity index (χ1v) is 11.2. The average molecular weight is 476 g/mol. The lowest BCUT2D eigenvalue weighted by Crippen LogP contribution is -2.31. The van der Waals surface area contributed by atoms with E-state index in [4.69, 9.17) is 0 Å². The van der Waals surface area contributed by atoms with Crippen molar-refractivity contribution in [3.8, 4) is 0 Å². The number of non-ortho nitro benzene ring substituents is 1. The molecule has 0 aromatic heterocycles. The molecule has 0 aliphatic rings. The lowest BCUT2D eigenvalue weighted by molar-refractivity contribution is -0.384. The fraction of sp³-hybridized carbons (Fsp3) is 0.185. The van der Waals surface area contributed by atoms with Crippen molar-refractivity contribution in [2.45, 2.75) is 33.1 Å². The van der Waals surface area contributed by atoms with Crippen LogP contribution in [0.3, 0.4) is 0 Å². The molecule has 0 aliphatic heterocycles. The molecule has 0 radical (unpaired) electrons. The van der Waals surface area contributed by atoms with Crippen LogP contribution in [0.15, 0.2) is 72.4 Å². The molecule has 0 saturated heterocycles. The lowest BCUT2D eigenvalue weighted by atomic mass is 10.1. The predicted octanol–water partition coefficient (Wildman–Crippen LogP) is 5.79. The molecule has 7 nitrogen and oxygen atoms in total. The van der Waals surface area contributed by atoms with Crippen LogP contribution in [0.25, 0.3) is 6.08 Å². The van der Waals surface area contributed by atoms with E-state index in [-0.39, 0.29) is 17.1 Å². The Hall–Kier alpha value is -4.33. The molecule has 2 N–H and O–H groups in total. The van der Waals surface area contributed by atoms with Gasteiger partial charge in [-0.2, -0.15) is 0 Å². The van der Waals surface area contributed by atoms with Gasteiger partial charge in [-0.3, -0.25) is 19.7 Å². The highest BCUT2D eigenvalue weighted by molar-refractivity contribution is 6.11. The molecule has 35 heavy (non-hydrogen) atoms. The number of carbonyl (C=O) groups is 2. The number of nitrogens with zero attached hydrogens (tertiary/aromatic N) is 1. The number of aryl methyl sites for hydroxylation is 2. The van der Waals surface area contributed by atoms with Gasteiger partial charge in [0.05, 0.1) is 10.6 Å². The van der Waals surface area contributed by atoms with Crippen LogP contribution in [-0.4, -0.2) is 16.7 Å². The molecule has 3 aromatic rings. The standard InChI is InChI=1S/C27H26FN3O4/c1-3-4-5-19-7-11-21(12-8-19)26(32)30-25(16-20-9-13-22(28)14-10-20)27(33)29-24-17-23(31(34)35)15-6-18(24)2/h6-17H,3-5H2,1-2H3,(H,29,33)(H,30,32). The van der Waals surface area contributed by atoms with E-state index in [1.165, 1.54) is 48.5 Å². The topological polar surface area (TPSA) is 101 Å². The van der Waals surface area contributed by atoms with E-state index >= 15 is 0 Å². The number of anilines is 1. The summed E-state index contributed by atoms with van der Waals surface area (Å²) in [7, 11) is 0. The molecule has 8 heteroatoms. The van der Waals surface area contributed by atoms with Crippen molar-refractivity contribution >= 4 is 29.3 Å². The third-order valence-electron chi connectivity index (χ3n) is 5.39. The molecular weight excluding hydrogens is 449 g/mol. The van der Waals surface area contributed by atoms with Gasteiger partial charge in [0, 0.05) is 17.7 Å². The van der Waals surface area contributed by atoms with E-state index in [0.29, 0.717) is 16.7 Å². The fourth-order valence-corrected chi connectivity index (χ4v) is 3.33. The molecule has 0 bridgehead atoms. The second-order valence-corrected chi connectivity index (χ2v) is 8.07.